The van der Waals surface area contributed by atoms with Crippen LogP contribution in [-0.2, 0) is 5.54 Å². The van der Waals surface area contributed by atoms with Crippen LogP contribution in [-0.4, -0.2) is 10.8 Å². The quantitative estimate of drug-likeness (QED) is 0.822. The first kappa shape index (κ1) is 13.2. The molecule has 98 valence electrons. The smallest absolute Gasteiger partial charge is 0.190 e. The maximum absolute atomic E-state index is 12.6. The minimum Gasteiger partial charge on any atom is -0.383 e. The standard InChI is InChI=1S/C15H17N3O/c1-10-8-12(14(16)18-9-10)13(19)15(2,17)11-6-4-3-5-7-11/h3-9H,17H2,1-2H3,(H2,16,18). The van der Waals surface area contributed by atoms with Crippen LogP contribution in [0.1, 0.15) is 28.4 Å². The molecule has 0 saturated heterocycles. The zero-order valence-electron chi connectivity index (χ0n) is 11.1. The largest absolute Gasteiger partial charge is 0.383 e. The Morgan fingerprint density at radius 3 is 2.53 bits per heavy atom. The maximum Gasteiger partial charge on any atom is 0.190 e. The van der Waals surface area contributed by atoms with Gasteiger partial charge in [0.2, 0.25) is 0 Å². The number of anilines is 1. The molecule has 0 fully saturated rings. The van der Waals surface area contributed by atoms with E-state index in [0.717, 1.165) is 11.1 Å². The molecule has 0 aliphatic rings. The van der Waals surface area contributed by atoms with Crippen molar-refractivity contribution in [2.24, 2.45) is 5.73 Å². The molecule has 2 aromatic rings. The fourth-order valence-electron chi connectivity index (χ4n) is 1.96. The molecule has 4 N–H and O–H groups in total. The molecular weight excluding hydrogens is 238 g/mol. The summed E-state index contributed by atoms with van der Waals surface area (Å²) >= 11 is 0. The third-order valence-electron chi connectivity index (χ3n) is 3.15. The van der Waals surface area contributed by atoms with Crippen LogP contribution < -0.4 is 11.5 Å². The van der Waals surface area contributed by atoms with Gasteiger partial charge >= 0.3 is 0 Å². The molecular formula is C15H17N3O. The summed E-state index contributed by atoms with van der Waals surface area (Å²) in [6.45, 7) is 3.55. The van der Waals surface area contributed by atoms with Crippen molar-refractivity contribution in [1.82, 2.24) is 4.98 Å². The minimum atomic E-state index is -1.12. The van der Waals surface area contributed by atoms with E-state index in [1.54, 1.807) is 19.2 Å². The molecule has 1 aromatic carbocycles. The van der Waals surface area contributed by atoms with Crippen LogP contribution in [0, 0.1) is 6.92 Å². The predicted octanol–water partition coefficient (Wildman–Crippen LogP) is 2.03. The van der Waals surface area contributed by atoms with Gasteiger partial charge in [0, 0.05) is 6.20 Å². The van der Waals surface area contributed by atoms with E-state index >= 15 is 0 Å². The van der Waals surface area contributed by atoms with Gasteiger partial charge in [-0.25, -0.2) is 4.98 Å². The predicted molar refractivity (Wildman–Crippen MR) is 75.7 cm³/mol. The van der Waals surface area contributed by atoms with Gasteiger partial charge in [-0.3, -0.25) is 4.79 Å². The normalized spacial score (nSPS) is 13.8. The summed E-state index contributed by atoms with van der Waals surface area (Å²) in [6, 6.07) is 11.0. The van der Waals surface area contributed by atoms with Crippen LogP contribution in [0.15, 0.2) is 42.6 Å². The summed E-state index contributed by atoms with van der Waals surface area (Å²) in [6.07, 6.45) is 1.63. The van der Waals surface area contributed by atoms with Gasteiger partial charge in [-0.15, -0.1) is 0 Å². The van der Waals surface area contributed by atoms with Gasteiger partial charge in [-0.2, -0.15) is 0 Å². The molecule has 1 aromatic heterocycles. The highest BCUT2D eigenvalue weighted by molar-refractivity contribution is 6.06. The molecule has 1 unspecified atom stereocenters. The lowest BCUT2D eigenvalue weighted by Crippen LogP contribution is -2.42. The Balaban J connectivity index is 2.46. The van der Waals surface area contributed by atoms with Crippen LogP contribution in [0.25, 0.3) is 0 Å². The number of rotatable bonds is 3. The average Bonchev–Trinajstić information content (AvgIpc) is 2.41. The van der Waals surface area contributed by atoms with E-state index in [2.05, 4.69) is 4.98 Å². The van der Waals surface area contributed by atoms with E-state index in [-0.39, 0.29) is 11.6 Å². The van der Waals surface area contributed by atoms with E-state index in [1.165, 1.54) is 0 Å². The molecule has 0 bridgehead atoms. The Bertz CT molecular complexity index is 606. The Labute approximate surface area is 112 Å². The van der Waals surface area contributed by atoms with E-state index in [9.17, 15) is 4.79 Å². The number of nitrogen functional groups attached to an aromatic ring is 1. The number of Topliss-reactive ketones (excluding diaryl/α,β-unsaturated/α-hetero) is 1. The number of carbonyl (C=O) groups excluding carboxylic acids is 1. The van der Waals surface area contributed by atoms with Gasteiger partial charge in [0.25, 0.3) is 0 Å². The van der Waals surface area contributed by atoms with Crippen molar-refractivity contribution < 1.29 is 4.79 Å². The summed E-state index contributed by atoms with van der Waals surface area (Å²) in [5.41, 5.74) is 12.9. The third-order valence-corrected chi connectivity index (χ3v) is 3.15. The summed E-state index contributed by atoms with van der Waals surface area (Å²) in [5, 5.41) is 0. The highest BCUT2D eigenvalue weighted by Crippen LogP contribution is 2.25. The van der Waals surface area contributed by atoms with E-state index in [0.29, 0.717) is 5.56 Å². The highest BCUT2D eigenvalue weighted by atomic mass is 16.1. The lowest BCUT2D eigenvalue weighted by molar-refractivity contribution is 0.0900. The molecule has 0 spiro atoms. The van der Waals surface area contributed by atoms with E-state index in [1.807, 2.05) is 37.3 Å². The summed E-state index contributed by atoms with van der Waals surface area (Å²) in [7, 11) is 0. The second kappa shape index (κ2) is 4.82. The number of ketones is 1. The lowest BCUT2D eigenvalue weighted by atomic mass is 9.85. The molecule has 19 heavy (non-hydrogen) atoms. The number of aromatic nitrogens is 1. The summed E-state index contributed by atoms with van der Waals surface area (Å²) < 4.78 is 0. The Hall–Kier alpha value is -2.20. The number of carbonyl (C=O) groups is 1. The number of nitrogens with two attached hydrogens (primary N) is 2. The van der Waals surface area contributed by atoms with Gasteiger partial charge in [-0.05, 0) is 31.0 Å². The Kier molecular flexibility index (Phi) is 3.36. The van der Waals surface area contributed by atoms with E-state index < -0.39 is 5.54 Å². The van der Waals surface area contributed by atoms with Crippen molar-refractivity contribution in [3.05, 3.63) is 59.3 Å². The number of benzene rings is 1. The van der Waals surface area contributed by atoms with Crippen LogP contribution in [0.5, 0.6) is 0 Å². The fraction of sp³-hybridized carbons (Fsp3) is 0.200. The van der Waals surface area contributed by atoms with Crippen LogP contribution >= 0.6 is 0 Å². The maximum atomic E-state index is 12.6. The number of aryl methyl sites for hydroxylation is 1. The van der Waals surface area contributed by atoms with Crippen molar-refractivity contribution in [3.8, 4) is 0 Å². The minimum absolute atomic E-state index is 0.211. The molecule has 0 aliphatic heterocycles. The third kappa shape index (κ3) is 2.48. The first-order valence-electron chi connectivity index (χ1n) is 6.04. The monoisotopic (exact) mass is 255 g/mol. The van der Waals surface area contributed by atoms with Gasteiger partial charge in [0.15, 0.2) is 5.78 Å². The number of pyridine rings is 1. The van der Waals surface area contributed by atoms with Crippen molar-refractivity contribution in [2.45, 2.75) is 19.4 Å². The van der Waals surface area contributed by atoms with Crippen LogP contribution in [0.3, 0.4) is 0 Å². The first-order valence-corrected chi connectivity index (χ1v) is 6.04. The molecule has 2 rings (SSSR count). The van der Waals surface area contributed by atoms with Crippen LogP contribution in [0.2, 0.25) is 0 Å². The molecule has 4 nitrogen and oxygen atoms in total. The van der Waals surface area contributed by atoms with Gasteiger partial charge in [-0.1, -0.05) is 30.3 Å². The fourth-order valence-corrected chi connectivity index (χ4v) is 1.96. The van der Waals surface area contributed by atoms with Crippen molar-refractivity contribution >= 4 is 11.6 Å². The van der Waals surface area contributed by atoms with Gasteiger partial charge in [0.05, 0.1) is 5.56 Å². The topological polar surface area (TPSA) is 82.0 Å². The number of hydrogen-bond acceptors (Lipinski definition) is 4. The summed E-state index contributed by atoms with van der Waals surface area (Å²) in [4.78, 5) is 16.6. The van der Waals surface area contributed by atoms with Crippen molar-refractivity contribution in [1.29, 1.82) is 0 Å². The highest BCUT2D eigenvalue weighted by Gasteiger charge is 2.32. The number of hydrogen-bond donors (Lipinski definition) is 2. The molecule has 0 aliphatic carbocycles. The molecule has 1 heterocycles. The molecule has 4 heteroatoms. The van der Waals surface area contributed by atoms with Crippen LogP contribution in [0.4, 0.5) is 5.82 Å². The lowest BCUT2D eigenvalue weighted by Gasteiger charge is -2.24. The number of nitrogens with zero attached hydrogens (tertiary/aromatic N) is 1. The summed E-state index contributed by atoms with van der Waals surface area (Å²) in [5.74, 6) is -0.0180. The first-order chi connectivity index (χ1) is 8.93. The van der Waals surface area contributed by atoms with E-state index in [4.69, 9.17) is 11.5 Å². The van der Waals surface area contributed by atoms with Crippen molar-refractivity contribution in [2.75, 3.05) is 5.73 Å². The van der Waals surface area contributed by atoms with Gasteiger partial charge in [0.1, 0.15) is 11.4 Å². The zero-order chi connectivity index (χ0) is 14.0. The second-order valence-corrected chi connectivity index (χ2v) is 4.84. The van der Waals surface area contributed by atoms with Crippen molar-refractivity contribution in [3.63, 3.8) is 0 Å². The Morgan fingerprint density at radius 1 is 1.26 bits per heavy atom. The molecule has 0 saturated carbocycles. The van der Waals surface area contributed by atoms with Gasteiger partial charge < -0.3 is 11.5 Å². The average molecular weight is 255 g/mol. The Morgan fingerprint density at radius 2 is 1.89 bits per heavy atom. The zero-order valence-corrected chi connectivity index (χ0v) is 11.1. The molecule has 0 amide bonds. The molecule has 1 atom stereocenters. The molecule has 0 radical (unpaired) electrons. The second-order valence-electron chi connectivity index (χ2n) is 4.84. The SMILES string of the molecule is Cc1cnc(N)c(C(=O)C(C)(N)c2ccccc2)c1.